The van der Waals surface area contributed by atoms with Crippen LogP contribution in [0.3, 0.4) is 0 Å². The van der Waals surface area contributed by atoms with Gasteiger partial charge in [-0.15, -0.1) is 10.2 Å². The van der Waals surface area contributed by atoms with Crippen LogP contribution in [-0.2, 0) is 38.2 Å². The Morgan fingerprint density at radius 2 is 0.653 bits per heavy atom. The molecule has 0 saturated heterocycles. The van der Waals surface area contributed by atoms with Crippen molar-refractivity contribution in [2.45, 2.75) is 133 Å². The van der Waals surface area contributed by atoms with Crippen molar-refractivity contribution in [1.82, 2.24) is 45.3 Å². The number of benzene rings is 8. The number of hydrogen-bond donors (Lipinski definition) is 3. The van der Waals surface area contributed by atoms with Crippen molar-refractivity contribution in [3.63, 3.8) is 0 Å². The zero-order chi connectivity index (χ0) is 86.3. The van der Waals surface area contributed by atoms with Gasteiger partial charge in [0.05, 0.1) is 35.4 Å². The van der Waals surface area contributed by atoms with E-state index in [0.29, 0.717) is 49.3 Å². The Balaban J connectivity index is 0.000000158. The first-order valence-corrected chi connectivity index (χ1v) is 40.1. The highest BCUT2D eigenvalue weighted by atomic mass is 16.5. The van der Waals surface area contributed by atoms with Gasteiger partial charge in [0, 0.05) is 72.2 Å². The zero-order valence-corrected chi connectivity index (χ0v) is 71.0. The van der Waals surface area contributed by atoms with Gasteiger partial charge in [0.15, 0.2) is 0 Å². The lowest BCUT2D eigenvalue weighted by atomic mass is 9.72. The summed E-state index contributed by atoms with van der Waals surface area (Å²) in [5.41, 5.74) is 17.8. The van der Waals surface area contributed by atoms with Crippen LogP contribution in [0.1, 0.15) is 195 Å². The summed E-state index contributed by atoms with van der Waals surface area (Å²) in [5, 5.41) is 10.3. The van der Waals surface area contributed by atoms with Crippen molar-refractivity contribution in [3.05, 3.63) is 391 Å². The van der Waals surface area contributed by atoms with Crippen LogP contribution in [0.2, 0.25) is 0 Å². The van der Waals surface area contributed by atoms with Crippen molar-refractivity contribution >= 4 is 11.9 Å². The van der Waals surface area contributed by atoms with Crippen molar-refractivity contribution in [2.75, 3.05) is 7.11 Å². The van der Waals surface area contributed by atoms with E-state index >= 15 is 0 Å². The molecular formula is C100H106N10O11. The molecule has 8 aromatic carbocycles. The maximum absolute atomic E-state index is 11.7. The van der Waals surface area contributed by atoms with E-state index in [1.54, 1.807) is 44.0 Å². The molecule has 0 aliphatic heterocycles. The molecule has 4 atom stereocenters. The molecule has 121 heavy (non-hydrogen) atoms. The van der Waals surface area contributed by atoms with Crippen LogP contribution in [0.5, 0.6) is 23.0 Å². The Hall–Kier alpha value is -13.7. The van der Waals surface area contributed by atoms with Gasteiger partial charge in [0.2, 0.25) is 11.8 Å². The molecule has 0 fully saturated rings. The van der Waals surface area contributed by atoms with E-state index in [9.17, 15) is 19.2 Å². The van der Waals surface area contributed by atoms with Gasteiger partial charge in [-0.2, -0.15) is 4.68 Å². The van der Waals surface area contributed by atoms with Crippen LogP contribution >= 0.6 is 0 Å². The van der Waals surface area contributed by atoms with Crippen LogP contribution in [0.15, 0.2) is 310 Å². The number of esters is 1. The molecular weight excluding hydrogens is 1520 g/mol. The average Bonchev–Trinajstić information content (AvgIpc) is 1.57. The Labute approximate surface area is 707 Å². The number of hydrogen-bond acceptors (Lipinski definition) is 18. The van der Waals surface area contributed by atoms with Crippen LogP contribution in [-0.4, -0.2) is 58.9 Å². The van der Waals surface area contributed by atoms with Gasteiger partial charge in [-0.3, -0.25) is 30.2 Å². The Morgan fingerprint density at radius 3 is 0.884 bits per heavy atom. The zero-order valence-electron chi connectivity index (χ0n) is 71.0. The fourth-order valence-electron chi connectivity index (χ4n) is 14.7. The van der Waals surface area contributed by atoms with Crippen LogP contribution in [0.25, 0.3) is 22.9 Å². The summed E-state index contributed by atoms with van der Waals surface area (Å²) in [4.78, 5) is 63.4. The summed E-state index contributed by atoms with van der Waals surface area (Å²) in [6.07, 6.45) is 7.06. The Morgan fingerprint density at radius 1 is 0.380 bits per heavy atom. The fourth-order valence-corrected chi connectivity index (χ4v) is 14.7. The fraction of sp³-hybridized carbons (Fsp3) is 0.260. The smallest absolute Gasteiger partial charge is 0.437 e. The molecule has 4 unspecified atom stereocenters. The number of carbonyl (C=O) groups excluding carboxylic acids is 2. The Bertz CT molecular complexity index is 5510. The van der Waals surface area contributed by atoms with Crippen molar-refractivity contribution in [1.29, 1.82) is 0 Å². The number of nitrogens with one attached hydrogen (secondary N) is 2. The standard InChI is InChI=1S/C26H27N3O3.C25H25N3O3.C25H27NO3.C24H27N3O2/c1-26(2,3)23(18-8-10-20(11-9-18)24-28-29(4)25(30)32-24)19-12-14-22(15-13-19)31-17-21-7-5-6-16-27-21;1-25(2,3)22(17-7-9-19(10-8-17)23-27-28-24(29)31-23)18-11-13-21(14-12-18)30-16-20-6-4-5-15-26-20;1-25(2,3)23(18-8-10-20(11-9-18)24(27)28-4)19-12-14-22(15-13-19)29-17-21-7-5-6-16-26-21;1-24(2,3)22(17-7-9-19(10-8-17)23(28)27-25)18-11-13-21(14-12-18)29-16-20-6-4-5-15-26-20/h5-16,23H,17H2,1-4H3;4-15,22H,16H2,1-3H3,(H,28,29);5-16,23H,17H2,1-4H3;4-15,22H,16,25H2,1-3H3,(H,27,28). The van der Waals surface area contributed by atoms with Crippen molar-refractivity contribution in [2.24, 2.45) is 34.6 Å². The van der Waals surface area contributed by atoms with Gasteiger partial charge >= 0.3 is 17.5 Å². The summed E-state index contributed by atoms with van der Waals surface area (Å²) in [6, 6.07) is 87.3. The molecule has 14 rings (SSSR count). The third kappa shape index (κ3) is 25.0. The average molecular weight is 1620 g/mol. The number of aryl methyl sites for hydroxylation is 1. The molecule has 14 aromatic rings. The molecule has 21 nitrogen and oxygen atoms in total. The lowest BCUT2D eigenvalue weighted by Crippen LogP contribution is -2.30. The number of nitrogens with zero attached hydrogens (tertiary/aromatic N) is 7. The largest absolute Gasteiger partial charge is 0.487 e. The second-order valence-corrected chi connectivity index (χ2v) is 33.6. The molecule has 1 amide bonds. The molecule has 21 heteroatoms. The van der Waals surface area contributed by atoms with Crippen molar-refractivity contribution < 1.29 is 42.1 Å². The number of rotatable bonds is 24. The maximum atomic E-state index is 11.7. The number of ether oxygens (including phenoxy) is 5. The highest BCUT2D eigenvalue weighted by Crippen LogP contribution is 2.46. The van der Waals surface area contributed by atoms with Gasteiger partial charge in [-0.1, -0.05) is 204 Å². The SMILES string of the molecule is CC(C)(C)C(c1ccc(OCc2ccccn2)cc1)c1ccc(-c2n[nH]c(=O)o2)cc1.CC(C)(C)C(c1ccc(OCc2ccccn2)cc1)c1ccc(C(=O)NN)cc1.COC(=O)c1ccc(C(c2ccc(OCc3ccccn3)cc2)C(C)(C)C)cc1.Cn1nc(-c2ccc(C(c3ccc(OCc4ccccn4)cc3)C(C)(C)C)cc2)oc1=O. The third-order valence-electron chi connectivity index (χ3n) is 20.2. The summed E-state index contributed by atoms with van der Waals surface area (Å²) >= 11 is 0. The van der Waals surface area contributed by atoms with Gasteiger partial charge < -0.3 is 32.5 Å². The highest BCUT2D eigenvalue weighted by molar-refractivity contribution is 5.93. The maximum Gasteiger partial charge on any atom is 0.437 e. The molecule has 0 bridgehead atoms. The second kappa shape index (κ2) is 40.7. The second-order valence-electron chi connectivity index (χ2n) is 33.6. The highest BCUT2D eigenvalue weighted by Gasteiger charge is 2.33. The number of H-pyrrole nitrogens is 1. The first-order valence-electron chi connectivity index (χ1n) is 40.1. The minimum absolute atomic E-state index is 0.00309. The van der Waals surface area contributed by atoms with E-state index < -0.39 is 11.5 Å². The minimum atomic E-state index is -0.558. The predicted molar refractivity (Wildman–Crippen MR) is 471 cm³/mol. The van der Waals surface area contributed by atoms with Crippen LogP contribution < -0.4 is 41.7 Å². The molecule has 622 valence electrons. The number of methoxy groups -OCH3 is 1. The van der Waals surface area contributed by atoms with Gasteiger partial charge in [-0.05, 0) is 212 Å². The van der Waals surface area contributed by atoms with Gasteiger partial charge in [0.1, 0.15) is 49.4 Å². The number of nitrogens with two attached hydrogens (primary N) is 1. The molecule has 0 saturated carbocycles. The van der Waals surface area contributed by atoms with Crippen LogP contribution in [0.4, 0.5) is 0 Å². The summed E-state index contributed by atoms with van der Waals surface area (Å²) in [6.45, 7) is 28.4. The molecule has 6 heterocycles. The molecule has 4 N–H and O–H groups in total. The molecule has 0 spiro atoms. The quantitative estimate of drug-likeness (QED) is 0.0219. The number of aromatic nitrogens is 8. The molecule has 0 aliphatic carbocycles. The van der Waals surface area contributed by atoms with E-state index in [1.165, 1.54) is 45.2 Å². The van der Waals surface area contributed by atoms with Gasteiger partial charge in [0.25, 0.3) is 5.91 Å². The Kier molecular flexibility index (Phi) is 29.6. The number of amides is 1. The summed E-state index contributed by atoms with van der Waals surface area (Å²) < 4.78 is 39.7. The van der Waals surface area contributed by atoms with E-state index in [2.05, 4.69) is 197 Å². The first-order chi connectivity index (χ1) is 58.0. The number of hydrazine groups is 1. The van der Waals surface area contributed by atoms with E-state index in [4.69, 9.17) is 38.4 Å². The minimum Gasteiger partial charge on any atom is -0.487 e. The van der Waals surface area contributed by atoms with E-state index in [1.807, 2.05) is 182 Å². The van der Waals surface area contributed by atoms with Crippen molar-refractivity contribution in [3.8, 4) is 45.9 Å². The topological polar surface area (TPSA) is 277 Å². The number of nitrogen functional groups attached to an aromatic ring is 1. The number of aromatic amines is 1. The first kappa shape index (κ1) is 88.2. The lowest BCUT2D eigenvalue weighted by Gasteiger charge is -2.32. The summed E-state index contributed by atoms with van der Waals surface area (Å²) in [5.74, 6) is 8.14. The third-order valence-corrected chi connectivity index (χ3v) is 20.2. The van der Waals surface area contributed by atoms with Gasteiger partial charge in [-0.25, -0.2) is 25.3 Å². The number of pyridine rings is 4. The lowest BCUT2D eigenvalue weighted by molar-refractivity contribution is 0.0600. The van der Waals surface area contributed by atoms with E-state index in [0.717, 1.165) is 68.0 Å². The molecule has 0 aliphatic rings. The normalized spacial score (nSPS) is 12.4. The van der Waals surface area contributed by atoms with E-state index in [-0.39, 0.29) is 57.2 Å². The monoisotopic (exact) mass is 1620 g/mol. The number of carbonyl (C=O) groups is 2. The van der Waals surface area contributed by atoms with Crippen LogP contribution in [0, 0.1) is 21.7 Å². The predicted octanol–water partition coefficient (Wildman–Crippen LogP) is 20.4. The molecule has 0 radical (unpaired) electrons. The molecule has 6 aromatic heterocycles. The summed E-state index contributed by atoms with van der Waals surface area (Å²) in [7, 11) is 2.97.